The van der Waals surface area contributed by atoms with E-state index in [1.165, 1.54) is 96.3 Å². The van der Waals surface area contributed by atoms with Crippen molar-refractivity contribution in [2.45, 2.75) is 122 Å². The summed E-state index contributed by atoms with van der Waals surface area (Å²) in [6, 6.07) is 0. The molecule has 1 fully saturated rings. The van der Waals surface area contributed by atoms with Crippen molar-refractivity contribution in [2.24, 2.45) is 0 Å². The Balaban J connectivity index is 1.73. The summed E-state index contributed by atoms with van der Waals surface area (Å²) < 4.78 is 5.77. The Morgan fingerprint density at radius 2 is 0.850 bits per heavy atom. The van der Waals surface area contributed by atoms with Crippen molar-refractivity contribution >= 4 is 0 Å². The van der Waals surface area contributed by atoms with E-state index in [1.54, 1.807) is 0 Å². The van der Waals surface area contributed by atoms with Crippen LogP contribution >= 0.6 is 0 Å². The fourth-order valence-corrected chi connectivity index (χ4v) is 3.12. The smallest absolute Gasteiger partial charge is 0.0841 e. The molecule has 0 aliphatic carbocycles. The van der Waals surface area contributed by atoms with Gasteiger partial charge in [-0.3, -0.25) is 0 Å². The maximum Gasteiger partial charge on any atom is 0.0841 e. The molecule has 1 heteroatoms. The molecular formula is C19H38O. The Bertz CT molecular complexity index is 202. The molecule has 20 heavy (non-hydrogen) atoms. The monoisotopic (exact) mass is 282 g/mol. The number of rotatable bonds is 15. The van der Waals surface area contributed by atoms with Gasteiger partial charge in [0.2, 0.25) is 0 Å². The first kappa shape index (κ1) is 18.0. The summed E-state index contributed by atoms with van der Waals surface area (Å²) in [6.07, 6.45) is 22.3. The summed E-state index contributed by atoms with van der Waals surface area (Å²) in [4.78, 5) is 0. The minimum absolute atomic E-state index is 0.640. The average molecular weight is 283 g/mol. The standard InChI is InChI=1S/C19H38O/c1-3-5-7-9-10-11-12-13-15-17-19-18(20-19)16-14-8-6-4-2/h18-19H,3-17H2,1-2H3. The summed E-state index contributed by atoms with van der Waals surface area (Å²) in [6.45, 7) is 4.57. The average Bonchev–Trinajstić information content (AvgIpc) is 3.20. The number of epoxide rings is 1. The van der Waals surface area contributed by atoms with E-state index in [9.17, 15) is 0 Å². The minimum atomic E-state index is 0.640. The molecule has 0 aromatic heterocycles. The summed E-state index contributed by atoms with van der Waals surface area (Å²) in [5.41, 5.74) is 0. The van der Waals surface area contributed by atoms with Crippen molar-refractivity contribution in [1.82, 2.24) is 0 Å². The fourth-order valence-electron chi connectivity index (χ4n) is 3.12. The third kappa shape index (κ3) is 9.80. The molecule has 0 bridgehead atoms. The van der Waals surface area contributed by atoms with Gasteiger partial charge in [0.05, 0.1) is 12.2 Å². The molecule has 0 aromatic rings. The topological polar surface area (TPSA) is 12.5 Å². The molecule has 1 aliphatic heterocycles. The van der Waals surface area contributed by atoms with E-state index in [2.05, 4.69) is 13.8 Å². The zero-order chi connectivity index (χ0) is 14.5. The van der Waals surface area contributed by atoms with Crippen LogP contribution in [-0.2, 0) is 4.74 Å². The molecule has 120 valence electrons. The zero-order valence-electron chi connectivity index (χ0n) is 14.2. The van der Waals surface area contributed by atoms with Gasteiger partial charge in [0.25, 0.3) is 0 Å². The van der Waals surface area contributed by atoms with Crippen molar-refractivity contribution in [3.8, 4) is 0 Å². The number of ether oxygens (including phenoxy) is 1. The van der Waals surface area contributed by atoms with Crippen molar-refractivity contribution < 1.29 is 4.74 Å². The second-order valence-corrected chi connectivity index (χ2v) is 6.68. The van der Waals surface area contributed by atoms with Gasteiger partial charge in [-0.15, -0.1) is 0 Å². The van der Waals surface area contributed by atoms with Crippen LogP contribution < -0.4 is 0 Å². The van der Waals surface area contributed by atoms with Crippen molar-refractivity contribution in [1.29, 1.82) is 0 Å². The van der Waals surface area contributed by atoms with Gasteiger partial charge in [0, 0.05) is 0 Å². The second-order valence-electron chi connectivity index (χ2n) is 6.68. The summed E-state index contributed by atoms with van der Waals surface area (Å²) >= 11 is 0. The molecule has 1 heterocycles. The Labute approximate surface area is 127 Å². The van der Waals surface area contributed by atoms with E-state index in [0.717, 1.165) is 0 Å². The maximum absolute atomic E-state index is 5.77. The Morgan fingerprint density at radius 1 is 0.500 bits per heavy atom. The van der Waals surface area contributed by atoms with Crippen LogP contribution in [0.25, 0.3) is 0 Å². The molecule has 1 aliphatic rings. The second kappa shape index (κ2) is 12.7. The van der Waals surface area contributed by atoms with Gasteiger partial charge in [0.1, 0.15) is 0 Å². The van der Waals surface area contributed by atoms with Crippen LogP contribution in [0.4, 0.5) is 0 Å². The van der Waals surface area contributed by atoms with E-state index >= 15 is 0 Å². The quantitative estimate of drug-likeness (QED) is 0.242. The van der Waals surface area contributed by atoms with Crippen LogP contribution in [0, 0.1) is 0 Å². The number of hydrogen-bond donors (Lipinski definition) is 0. The number of hydrogen-bond acceptors (Lipinski definition) is 1. The normalized spacial score (nSPS) is 21.3. The highest BCUT2D eigenvalue weighted by Gasteiger charge is 2.36. The maximum atomic E-state index is 5.77. The molecule has 1 rings (SSSR count). The predicted molar refractivity (Wildman–Crippen MR) is 89.3 cm³/mol. The minimum Gasteiger partial charge on any atom is -0.370 e. The first-order chi connectivity index (χ1) is 9.88. The third-order valence-electron chi connectivity index (χ3n) is 4.62. The van der Waals surface area contributed by atoms with Crippen LogP contribution in [0.3, 0.4) is 0 Å². The Morgan fingerprint density at radius 3 is 1.30 bits per heavy atom. The van der Waals surface area contributed by atoms with E-state index < -0.39 is 0 Å². The lowest BCUT2D eigenvalue weighted by Crippen LogP contribution is -1.94. The Hall–Kier alpha value is -0.0400. The molecule has 0 saturated carbocycles. The van der Waals surface area contributed by atoms with Gasteiger partial charge in [-0.1, -0.05) is 97.3 Å². The summed E-state index contributed by atoms with van der Waals surface area (Å²) in [5, 5.41) is 0. The molecule has 0 N–H and O–H groups in total. The van der Waals surface area contributed by atoms with Crippen LogP contribution in [0.5, 0.6) is 0 Å². The van der Waals surface area contributed by atoms with E-state index in [4.69, 9.17) is 4.74 Å². The highest BCUT2D eigenvalue weighted by molar-refractivity contribution is 4.84. The summed E-state index contributed by atoms with van der Waals surface area (Å²) in [5.74, 6) is 0. The van der Waals surface area contributed by atoms with E-state index in [0.29, 0.717) is 12.2 Å². The molecule has 0 aromatic carbocycles. The van der Waals surface area contributed by atoms with Gasteiger partial charge >= 0.3 is 0 Å². The molecule has 1 nitrogen and oxygen atoms in total. The van der Waals surface area contributed by atoms with Crippen LogP contribution in [0.1, 0.15) is 110 Å². The molecule has 0 spiro atoms. The first-order valence-corrected chi connectivity index (χ1v) is 9.54. The van der Waals surface area contributed by atoms with Crippen LogP contribution in [-0.4, -0.2) is 12.2 Å². The predicted octanol–water partition coefficient (Wildman–Crippen LogP) is 6.65. The van der Waals surface area contributed by atoms with Gasteiger partial charge in [-0.2, -0.15) is 0 Å². The van der Waals surface area contributed by atoms with Gasteiger partial charge in [0.15, 0.2) is 0 Å². The highest BCUT2D eigenvalue weighted by Crippen LogP contribution is 2.31. The zero-order valence-corrected chi connectivity index (χ0v) is 14.2. The highest BCUT2D eigenvalue weighted by atomic mass is 16.6. The van der Waals surface area contributed by atoms with Gasteiger partial charge in [-0.25, -0.2) is 0 Å². The molecular weight excluding hydrogens is 244 g/mol. The number of unbranched alkanes of at least 4 members (excludes halogenated alkanes) is 11. The van der Waals surface area contributed by atoms with Crippen molar-refractivity contribution in [3.05, 3.63) is 0 Å². The third-order valence-corrected chi connectivity index (χ3v) is 4.62. The molecule has 1 saturated heterocycles. The SMILES string of the molecule is CCCCCCCCCCCC1OC1CCCCCC. The van der Waals surface area contributed by atoms with Gasteiger partial charge in [-0.05, 0) is 12.8 Å². The van der Waals surface area contributed by atoms with Crippen LogP contribution in [0.15, 0.2) is 0 Å². The lowest BCUT2D eigenvalue weighted by Gasteiger charge is -2.01. The largest absolute Gasteiger partial charge is 0.370 e. The molecule has 2 atom stereocenters. The first-order valence-electron chi connectivity index (χ1n) is 9.54. The Kier molecular flexibility index (Phi) is 11.4. The molecule has 0 amide bonds. The lowest BCUT2D eigenvalue weighted by atomic mass is 10.0. The molecule has 0 radical (unpaired) electrons. The van der Waals surface area contributed by atoms with E-state index in [-0.39, 0.29) is 0 Å². The van der Waals surface area contributed by atoms with Crippen LogP contribution in [0.2, 0.25) is 0 Å². The van der Waals surface area contributed by atoms with Crippen molar-refractivity contribution in [3.63, 3.8) is 0 Å². The van der Waals surface area contributed by atoms with Crippen molar-refractivity contribution in [2.75, 3.05) is 0 Å². The van der Waals surface area contributed by atoms with E-state index in [1.807, 2.05) is 0 Å². The fraction of sp³-hybridized carbons (Fsp3) is 1.00. The molecule has 2 unspecified atom stereocenters. The van der Waals surface area contributed by atoms with Gasteiger partial charge < -0.3 is 4.74 Å². The summed E-state index contributed by atoms with van der Waals surface area (Å²) in [7, 11) is 0. The lowest BCUT2D eigenvalue weighted by molar-refractivity contribution is 0.348.